The van der Waals surface area contributed by atoms with Crippen LogP contribution in [-0.4, -0.2) is 14.5 Å². The Kier molecular flexibility index (Phi) is 3.18. The van der Waals surface area contributed by atoms with Gasteiger partial charge in [-0.2, -0.15) is 0 Å². The number of sulfonamides is 1. The Morgan fingerprint density at radius 3 is 2.26 bits per heavy atom. The van der Waals surface area contributed by atoms with Crippen molar-refractivity contribution in [3.8, 4) is 0 Å². The molecule has 19 heavy (non-hydrogen) atoms. The van der Waals surface area contributed by atoms with Gasteiger partial charge in [0.1, 0.15) is 0 Å². The fraction of sp³-hybridized carbons (Fsp3) is 0.571. The maximum atomic E-state index is 12.5. The number of nitrogen functional groups attached to an aromatic ring is 1. The summed E-state index contributed by atoms with van der Waals surface area (Å²) in [5, 5.41) is 0. The average molecular weight is 282 g/mol. The maximum absolute atomic E-state index is 12.5. The zero-order valence-corrected chi connectivity index (χ0v) is 13.0. The van der Waals surface area contributed by atoms with Crippen LogP contribution in [0.15, 0.2) is 11.0 Å². The monoisotopic (exact) mass is 282 g/mol. The quantitative estimate of drug-likeness (QED) is 0.835. The van der Waals surface area contributed by atoms with Crippen LogP contribution in [0.25, 0.3) is 0 Å². The molecule has 1 saturated carbocycles. The van der Waals surface area contributed by atoms with Crippen LogP contribution < -0.4 is 10.5 Å². The minimum Gasteiger partial charge on any atom is -0.398 e. The van der Waals surface area contributed by atoms with Gasteiger partial charge in [0.2, 0.25) is 10.0 Å². The van der Waals surface area contributed by atoms with E-state index in [2.05, 4.69) is 18.6 Å². The molecule has 1 atom stereocenters. The summed E-state index contributed by atoms with van der Waals surface area (Å²) in [6.45, 7) is 9.59. The van der Waals surface area contributed by atoms with Crippen LogP contribution in [0.5, 0.6) is 0 Å². The molecule has 1 aliphatic rings. The molecule has 106 valence electrons. The van der Waals surface area contributed by atoms with Gasteiger partial charge in [0.15, 0.2) is 0 Å². The number of aryl methyl sites for hydroxylation is 1. The largest absolute Gasteiger partial charge is 0.398 e. The minimum absolute atomic E-state index is 0.0260. The summed E-state index contributed by atoms with van der Waals surface area (Å²) < 4.78 is 27.9. The van der Waals surface area contributed by atoms with Gasteiger partial charge in [0.25, 0.3) is 0 Å². The topological polar surface area (TPSA) is 72.2 Å². The molecule has 3 N–H and O–H groups in total. The first-order valence-electron chi connectivity index (χ1n) is 6.45. The van der Waals surface area contributed by atoms with Gasteiger partial charge in [-0.3, -0.25) is 0 Å². The van der Waals surface area contributed by atoms with Crippen molar-refractivity contribution in [3.63, 3.8) is 0 Å². The number of anilines is 1. The lowest BCUT2D eigenvalue weighted by molar-refractivity contribution is 0.554. The number of benzene rings is 1. The fourth-order valence-corrected chi connectivity index (χ4v) is 4.34. The Balaban J connectivity index is 2.47. The molecule has 1 fully saturated rings. The molecule has 0 aromatic heterocycles. The molecular formula is C14H22N2O2S. The Morgan fingerprint density at radius 2 is 1.79 bits per heavy atom. The molecule has 0 spiro atoms. The third-order valence-corrected chi connectivity index (χ3v) is 5.90. The van der Waals surface area contributed by atoms with Crippen molar-refractivity contribution in [2.75, 3.05) is 5.73 Å². The van der Waals surface area contributed by atoms with E-state index in [1.54, 1.807) is 6.92 Å². The molecule has 2 rings (SSSR count). The van der Waals surface area contributed by atoms with E-state index < -0.39 is 10.0 Å². The number of hydrogen-bond donors (Lipinski definition) is 2. The second-order valence-electron chi connectivity index (χ2n) is 6.23. The van der Waals surface area contributed by atoms with Crippen LogP contribution in [-0.2, 0) is 10.0 Å². The van der Waals surface area contributed by atoms with E-state index in [4.69, 9.17) is 5.73 Å². The van der Waals surface area contributed by atoms with Gasteiger partial charge in [-0.15, -0.1) is 0 Å². The van der Waals surface area contributed by atoms with Crippen LogP contribution >= 0.6 is 0 Å². The van der Waals surface area contributed by atoms with E-state index in [9.17, 15) is 8.42 Å². The summed E-state index contributed by atoms with van der Waals surface area (Å²) in [7, 11) is -3.50. The molecule has 4 nitrogen and oxygen atoms in total. The highest BCUT2D eigenvalue weighted by atomic mass is 32.2. The van der Waals surface area contributed by atoms with Crippen molar-refractivity contribution >= 4 is 15.7 Å². The van der Waals surface area contributed by atoms with E-state index in [1.165, 1.54) is 0 Å². The normalized spacial score (nSPS) is 21.4. The Labute approximate surface area is 115 Å². The first kappa shape index (κ1) is 14.3. The standard InChI is InChI=1S/C14H22N2O2S/c1-8-6-11(15)10(3)13(9(8)2)19(17,18)16-12-7-14(12,4)5/h6,12,16H,7,15H2,1-5H3. The summed E-state index contributed by atoms with van der Waals surface area (Å²) in [4.78, 5) is 0.340. The number of rotatable bonds is 3. The van der Waals surface area contributed by atoms with Gasteiger partial charge in [0.05, 0.1) is 4.90 Å². The number of nitrogens with one attached hydrogen (secondary N) is 1. The molecule has 1 aliphatic carbocycles. The summed E-state index contributed by atoms with van der Waals surface area (Å²) in [6.07, 6.45) is 0.881. The second-order valence-corrected chi connectivity index (χ2v) is 7.88. The summed E-state index contributed by atoms with van der Waals surface area (Å²) >= 11 is 0. The highest BCUT2D eigenvalue weighted by Gasteiger charge is 2.48. The molecule has 0 saturated heterocycles. The second kappa shape index (κ2) is 4.21. The van der Waals surface area contributed by atoms with E-state index in [1.807, 2.05) is 19.9 Å². The van der Waals surface area contributed by atoms with Gasteiger partial charge in [-0.05, 0) is 55.4 Å². The van der Waals surface area contributed by atoms with Crippen molar-refractivity contribution in [2.24, 2.45) is 5.41 Å². The van der Waals surface area contributed by atoms with Crippen molar-refractivity contribution in [2.45, 2.75) is 52.0 Å². The van der Waals surface area contributed by atoms with E-state index >= 15 is 0 Å². The minimum atomic E-state index is -3.50. The Bertz CT molecular complexity index is 607. The molecule has 0 bridgehead atoms. The zero-order valence-electron chi connectivity index (χ0n) is 12.2. The molecule has 1 aromatic carbocycles. The Morgan fingerprint density at radius 1 is 1.26 bits per heavy atom. The van der Waals surface area contributed by atoms with E-state index in [0.717, 1.165) is 17.5 Å². The summed E-state index contributed by atoms with van der Waals surface area (Å²) in [5.74, 6) is 0. The molecular weight excluding hydrogens is 260 g/mol. The van der Waals surface area contributed by atoms with Crippen LogP contribution in [0.2, 0.25) is 0 Å². The SMILES string of the molecule is Cc1cc(N)c(C)c(S(=O)(=O)NC2CC2(C)C)c1C. The third kappa shape index (κ3) is 2.49. The predicted molar refractivity (Wildman–Crippen MR) is 77.6 cm³/mol. The van der Waals surface area contributed by atoms with Crippen molar-refractivity contribution in [1.29, 1.82) is 0 Å². The van der Waals surface area contributed by atoms with E-state index in [0.29, 0.717) is 16.1 Å². The van der Waals surface area contributed by atoms with Crippen LogP contribution in [0.4, 0.5) is 5.69 Å². The van der Waals surface area contributed by atoms with Crippen LogP contribution in [0.3, 0.4) is 0 Å². The van der Waals surface area contributed by atoms with Gasteiger partial charge < -0.3 is 5.73 Å². The predicted octanol–water partition coefficient (Wildman–Crippen LogP) is 2.27. The summed E-state index contributed by atoms with van der Waals surface area (Å²) in [5.41, 5.74) is 8.79. The zero-order chi connectivity index (χ0) is 14.6. The molecule has 0 radical (unpaired) electrons. The highest BCUT2D eigenvalue weighted by molar-refractivity contribution is 7.89. The first-order chi connectivity index (χ1) is 8.56. The molecule has 1 aromatic rings. The summed E-state index contributed by atoms with van der Waals surface area (Å²) in [6, 6.07) is 1.85. The van der Waals surface area contributed by atoms with Gasteiger partial charge in [-0.25, -0.2) is 13.1 Å². The lowest BCUT2D eigenvalue weighted by Crippen LogP contribution is -2.30. The number of nitrogens with two attached hydrogens (primary N) is 1. The first-order valence-corrected chi connectivity index (χ1v) is 7.93. The van der Waals surface area contributed by atoms with Crippen molar-refractivity contribution < 1.29 is 8.42 Å². The van der Waals surface area contributed by atoms with Gasteiger partial charge in [-0.1, -0.05) is 13.8 Å². The molecule has 0 amide bonds. The highest BCUT2D eigenvalue weighted by Crippen LogP contribution is 2.45. The number of hydrogen-bond acceptors (Lipinski definition) is 3. The third-order valence-electron chi connectivity index (χ3n) is 4.16. The molecule has 0 aliphatic heterocycles. The lowest BCUT2D eigenvalue weighted by Gasteiger charge is -2.16. The van der Waals surface area contributed by atoms with Gasteiger partial charge >= 0.3 is 0 Å². The molecule has 5 heteroatoms. The maximum Gasteiger partial charge on any atom is 0.241 e. The Hall–Kier alpha value is -1.07. The van der Waals surface area contributed by atoms with E-state index in [-0.39, 0.29) is 11.5 Å². The van der Waals surface area contributed by atoms with Crippen LogP contribution in [0, 0.1) is 26.2 Å². The fourth-order valence-electron chi connectivity index (χ4n) is 2.36. The van der Waals surface area contributed by atoms with Crippen molar-refractivity contribution in [1.82, 2.24) is 4.72 Å². The van der Waals surface area contributed by atoms with Crippen LogP contribution in [0.1, 0.15) is 37.0 Å². The average Bonchev–Trinajstić information content (AvgIpc) is 2.81. The lowest BCUT2D eigenvalue weighted by atomic mass is 10.1. The van der Waals surface area contributed by atoms with Crippen molar-refractivity contribution in [3.05, 3.63) is 22.8 Å². The molecule has 1 unspecified atom stereocenters. The smallest absolute Gasteiger partial charge is 0.241 e. The molecule has 0 heterocycles. The van der Waals surface area contributed by atoms with Gasteiger partial charge in [0, 0.05) is 11.7 Å².